The quantitative estimate of drug-likeness (QED) is 0.915. The Bertz CT molecular complexity index is 568. The number of aromatic carboxylic acids is 1. The first-order valence-electron chi connectivity index (χ1n) is 4.77. The second-order valence-corrected chi connectivity index (χ2v) is 3.83. The largest absolute Gasteiger partial charge is 0.477 e. The summed E-state index contributed by atoms with van der Waals surface area (Å²) in [6.45, 7) is 0.231. The lowest BCUT2D eigenvalue weighted by Gasteiger charge is -2.05. The average molecular weight is 255 g/mol. The molecule has 0 aliphatic carbocycles. The SMILES string of the molecule is O=C(O)c1ccnn1Cc1ccc(F)c(Cl)c1. The van der Waals surface area contributed by atoms with Crippen LogP contribution in [-0.4, -0.2) is 20.9 Å². The molecule has 0 amide bonds. The second kappa shape index (κ2) is 4.55. The lowest BCUT2D eigenvalue weighted by Crippen LogP contribution is -2.10. The van der Waals surface area contributed by atoms with Gasteiger partial charge < -0.3 is 5.11 Å². The van der Waals surface area contributed by atoms with Crippen LogP contribution in [0.15, 0.2) is 30.5 Å². The first-order chi connectivity index (χ1) is 8.08. The van der Waals surface area contributed by atoms with Crippen LogP contribution in [0.25, 0.3) is 0 Å². The van der Waals surface area contributed by atoms with Crippen LogP contribution in [0.4, 0.5) is 4.39 Å². The van der Waals surface area contributed by atoms with Crippen molar-refractivity contribution in [3.8, 4) is 0 Å². The zero-order chi connectivity index (χ0) is 12.4. The van der Waals surface area contributed by atoms with E-state index in [1.165, 1.54) is 35.1 Å². The third-order valence-electron chi connectivity index (χ3n) is 2.25. The van der Waals surface area contributed by atoms with Crippen LogP contribution < -0.4 is 0 Å². The third kappa shape index (κ3) is 2.45. The number of hydrogen-bond acceptors (Lipinski definition) is 2. The van der Waals surface area contributed by atoms with Crippen LogP contribution >= 0.6 is 11.6 Å². The first-order valence-corrected chi connectivity index (χ1v) is 5.15. The minimum atomic E-state index is -1.06. The fourth-order valence-electron chi connectivity index (χ4n) is 1.45. The van der Waals surface area contributed by atoms with Crippen molar-refractivity contribution >= 4 is 17.6 Å². The summed E-state index contributed by atoms with van der Waals surface area (Å²) in [5.74, 6) is -1.56. The normalized spacial score (nSPS) is 10.5. The van der Waals surface area contributed by atoms with Crippen molar-refractivity contribution in [3.63, 3.8) is 0 Å². The molecule has 0 saturated heterocycles. The molecule has 1 N–H and O–H groups in total. The Morgan fingerprint density at radius 2 is 2.24 bits per heavy atom. The standard InChI is InChI=1S/C11H8ClFN2O2/c12-8-5-7(1-2-9(8)13)6-15-10(11(16)17)3-4-14-15/h1-5H,6H2,(H,16,17). The number of carbonyl (C=O) groups is 1. The van der Waals surface area contributed by atoms with Gasteiger partial charge in [0.05, 0.1) is 11.6 Å². The molecule has 88 valence electrons. The van der Waals surface area contributed by atoms with E-state index in [0.29, 0.717) is 5.56 Å². The fourth-order valence-corrected chi connectivity index (χ4v) is 1.65. The van der Waals surface area contributed by atoms with Crippen LogP contribution in [0, 0.1) is 5.82 Å². The summed E-state index contributed by atoms with van der Waals surface area (Å²) in [4.78, 5) is 10.8. The van der Waals surface area contributed by atoms with Crippen LogP contribution in [-0.2, 0) is 6.54 Å². The summed E-state index contributed by atoms with van der Waals surface area (Å²) in [5.41, 5.74) is 0.757. The Balaban J connectivity index is 2.28. The van der Waals surface area contributed by atoms with E-state index in [9.17, 15) is 9.18 Å². The zero-order valence-electron chi connectivity index (χ0n) is 8.60. The summed E-state index contributed by atoms with van der Waals surface area (Å²) in [6.07, 6.45) is 1.40. The van der Waals surface area contributed by atoms with Crippen molar-refractivity contribution in [1.82, 2.24) is 9.78 Å². The number of carboxylic acid groups (broad SMARTS) is 1. The van der Waals surface area contributed by atoms with Crippen molar-refractivity contribution in [1.29, 1.82) is 0 Å². The number of aromatic nitrogens is 2. The van der Waals surface area contributed by atoms with Crippen molar-refractivity contribution in [2.24, 2.45) is 0 Å². The molecule has 0 spiro atoms. The summed E-state index contributed by atoms with van der Waals surface area (Å²) < 4.78 is 14.2. The number of carboxylic acids is 1. The van der Waals surface area contributed by atoms with Crippen LogP contribution in [0.3, 0.4) is 0 Å². The third-order valence-corrected chi connectivity index (χ3v) is 2.54. The van der Waals surface area contributed by atoms with Gasteiger partial charge in [-0.15, -0.1) is 0 Å². The maximum Gasteiger partial charge on any atom is 0.354 e. The van der Waals surface area contributed by atoms with E-state index in [1.54, 1.807) is 0 Å². The number of nitrogens with zero attached hydrogens (tertiary/aromatic N) is 2. The topological polar surface area (TPSA) is 55.1 Å². The van der Waals surface area contributed by atoms with Gasteiger partial charge in [0.2, 0.25) is 0 Å². The lowest BCUT2D eigenvalue weighted by atomic mass is 10.2. The highest BCUT2D eigenvalue weighted by molar-refractivity contribution is 6.30. The maximum atomic E-state index is 12.9. The van der Waals surface area contributed by atoms with Crippen molar-refractivity contribution in [2.75, 3.05) is 0 Å². The Kier molecular flexibility index (Phi) is 3.10. The monoisotopic (exact) mass is 254 g/mol. The number of hydrogen-bond donors (Lipinski definition) is 1. The van der Waals surface area contributed by atoms with Gasteiger partial charge in [-0.2, -0.15) is 5.10 Å². The molecule has 0 fully saturated rings. The number of benzene rings is 1. The summed E-state index contributed by atoms with van der Waals surface area (Å²) in [6, 6.07) is 5.62. The smallest absolute Gasteiger partial charge is 0.354 e. The van der Waals surface area contributed by atoms with Crippen molar-refractivity contribution in [2.45, 2.75) is 6.54 Å². The van der Waals surface area contributed by atoms with E-state index in [-0.39, 0.29) is 17.3 Å². The molecule has 4 nitrogen and oxygen atoms in total. The van der Waals surface area contributed by atoms with E-state index in [4.69, 9.17) is 16.7 Å². The summed E-state index contributed by atoms with van der Waals surface area (Å²) in [7, 11) is 0. The van der Waals surface area contributed by atoms with Gasteiger partial charge in [-0.25, -0.2) is 9.18 Å². The van der Waals surface area contributed by atoms with Gasteiger partial charge in [-0.05, 0) is 23.8 Å². The van der Waals surface area contributed by atoms with Crippen LogP contribution in [0.1, 0.15) is 16.1 Å². The van der Waals surface area contributed by atoms with Gasteiger partial charge in [0.15, 0.2) is 0 Å². The molecular formula is C11H8ClFN2O2. The molecule has 0 unspecified atom stereocenters. The van der Waals surface area contributed by atoms with Crippen LogP contribution in [0.5, 0.6) is 0 Å². The molecule has 0 radical (unpaired) electrons. The van der Waals surface area contributed by atoms with E-state index in [1.807, 2.05) is 0 Å². The molecule has 1 aromatic carbocycles. The van der Waals surface area contributed by atoms with Gasteiger partial charge in [-0.1, -0.05) is 17.7 Å². The number of rotatable bonds is 3. The van der Waals surface area contributed by atoms with Gasteiger partial charge in [0.1, 0.15) is 11.5 Å². The Hall–Kier alpha value is -1.88. The fraction of sp³-hybridized carbons (Fsp3) is 0.0909. The molecule has 1 heterocycles. The lowest BCUT2D eigenvalue weighted by molar-refractivity contribution is 0.0684. The molecular weight excluding hydrogens is 247 g/mol. The summed E-state index contributed by atoms with van der Waals surface area (Å²) >= 11 is 5.64. The molecule has 1 aromatic heterocycles. The van der Waals surface area contributed by atoms with E-state index in [0.717, 1.165) is 0 Å². The highest BCUT2D eigenvalue weighted by Crippen LogP contribution is 2.17. The molecule has 6 heteroatoms. The average Bonchev–Trinajstić information content (AvgIpc) is 2.72. The van der Waals surface area contributed by atoms with E-state index in [2.05, 4.69) is 5.10 Å². The predicted octanol–water partition coefficient (Wildman–Crippen LogP) is 2.42. The Morgan fingerprint density at radius 3 is 2.88 bits per heavy atom. The molecule has 17 heavy (non-hydrogen) atoms. The van der Waals surface area contributed by atoms with E-state index < -0.39 is 11.8 Å². The molecule has 0 atom stereocenters. The molecule has 0 aliphatic rings. The van der Waals surface area contributed by atoms with Gasteiger partial charge in [-0.3, -0.25) is 4.68 Å². The highest BCUT2D eigenvalue weighted by atomic mass is 35.5. The van der Waals surface area contributed by atoms with Crippen molar-refractivity contribution < 1.29 is 14.3 Å². The summed E-state index contributed by atoms with van der Waals surface area (Å²) in [5, 5.41) is 12.8. The van der Waals surface area contributed by atoms with Crippen molar-refractivity contribution in [3.05, 3.63) is 52.6 Å². The molecule has 2 rings (SSSR count). The molecule has 0 aliphatic heterocycles. The molecule has 0 bridgehead atoms. The Labute approximate surface area is 101 Å². The Morgan fingerprint density at radius 1 is 1.47 bits per heavy atom. The molecule has 0 saturated carbocycles. The van der Waals surface area contributed by atoms with Gasteiger partial charge >= 0.3 is 5.97 Å². The molecule has 2 aromatic rings. The highest BCUT2D eigenvalue weighted by Gasteiger charge is 2.10. The minimum absolute atomic E-state index is 0.00605. The second-order valence-electron chi connectivity index (χ2n) is 3.43. The van der Waals surface area contributed by atoms with Gasteiger partial charge in [0, 0.05) is 6.20 Å². The maximum absolute atomic E-state index is 12.9. The van der Waals surface area contributed by atoms with Gasteiger partial charge in [0.25, 0.3) is 0 Å². The first kappa shape index (κ1) is 11.6. The minimum Gasteiger partial charge on any atom is -0.477 e. The number of halogens is 2. The predicted molar refractivity (Wildman–Crippen MR) is 59.7 cm³/mol. The zero-order valence-corrected chi connectivity index (χ0v) is 9.36. The van der Waals surface area contributed by atoms with E-state index >= 15 is 0 Å². The van der Waals surface area contributed by atoms with Crippen LogP contribution in [0.2, 0.25) is 5.02 Å².